The maximum Gasteiger partial charge on any atom is 0.268 e. The highest BCUT2D eigenvalue weighted by Gasteiger charge is 2.33. The average Bonchev–Trinajstić information content (AvgIpc) is 3.50. The first-order chi connectivity index (χ1) is 15.9. The van der Waals surface area contributed by atoms with Crippen LogP contribution in [0.4, 0.5) is 8.78 Å². The quantitative estimate of drug-likeness (QED) is 0.414. The fourth-order valence-corrected chi connectivity index (χ4v) is 4.48. The Morgan fingerprint density at radius 2 is 2.06 bits per heavy atom. The molecule has 0 aliphatic heterocycles. The third-order valence-corrected chi connectivity index (χ3v) is 6.32. The smallest absolute Gasteiger partial charge is 0.268 e. The van der Waals surface area contributed by atoms with E-state index in [2.05, 4.69) is 20.2 Å². The number of amides is 1. The first kappa shape index (κ1) is 21.3. The SMILES string of the molecule is CCOC1CC(n2cc(-n3cc(-c4nc(C(N)=O)cs4)cn3)c(-c3nc(F)ccc3F)n2)C1. The summed E-state index contributed by atoms with van der Waals surface area (Å²) in [6.45, 7) is 2.58. The predicted molar refractivity (Wildman–Crippen MR) is 116 cm³/mol. The Kier molecular flexibility index (Phi) is 5.46. The lowest BCUT2D eigenvalue weighted by atomic mass is 9.89. The molecule has 4 heterocycles. The van der Waals surface area contributed by atoms with E-state index in [-0.39, 0.29) is 29.2 Å². The van der Waals surface area contributed by atoms with Crippen LogP contribution in [0.15, 0.2) is 36.1 Å². The van der Waals surface area contributed by atoms with Crippen molar-refractivity contribution in [1.29, 1.82) is 0 Å². The Hall–Kier alpha value is -3.51. The molecule has 33 heavy (non-hydrogen) atoms. The van der Waals surface area contributed by atoms with Crippen molar-refractivity contribution in [3.8, 4) is 27.6 Å². The van der Waals surface area contributed by atoms with Gasteiger partial charge in [0, 0.05) is 23.7 Å². The molecule has 2 N–H and O–H groups in total. The molecule has 1 amide bonds. The number of hydrogen-bond acceptors (Lipinski definition) is 7. The summed E-state index contributed by atoms with van der Waals surface area (Å²) in [5.41, 5.74) is 6.48. The standard InChI is InChI=1S/C21H19F2N7O2S/c1-2-32-13-5-12(6-13)29-9-16(19(28-29)18-14(22)3-4-17(23)27-18)30-8-11(7-25-30)21-26-15(10-33-21)20(24)31/h3-4,7-10,12-13H,2,5-6H2,1H3,(H2,24,31). The molecular formula is C21H19F2N7O2S. The van der Waals surface area contributed by atoms with Gasteiger partial charge in [0.15, 0.2) is 5.82 Å². The zero-order valence-electron chi connectivity index (χ0n) is 17.5. The number of rotatable bonds is 7. The van der Waals surface area contributed by atoms with E-state index in [1.54, 1.807) is 28.7 Å². The van der Waals surface area contributed by atoms with Gasteiger partial charge < -0.3 is 10.5 Å². The molecular weight excluding hydrogens is 452 g/mol. The summed E-state index contributed by atoms with van der Waals surface area (Å²) in [5, 5.41) is 11.0. The molecule has 0 spiro atoms. The topological polar surface area (TPSA) is 114 Å². The number of aromatic nitrogens is 6. The number of carbonyl (C=O) groups excluding carboxylic acids is 1. The van der Waals surface area contributed by atoms with E-state index in [9.17, 15) is 13.6 Å². The number of pyridine rings is 1. The number of halogens is 2. The van der Waals surface area contributed by atoms with Crippen LogP contribution in [-0.4, -0.2) is 48.1 Å². The van der Waals surface area contributed by atoms with E-state index < -0.39 is 17.7 Å². The molecule has 1 aliphatic carbocycles. The minimum Gasteiger partial charge on any atom is -0.378 e. The van der Waals surface area contributed by atoms with Gasteiger partial charge in [-0.2, -0.15) is 14.6 Å². The van der Waals surface area contributed by atoms with Crippen LogP contribution in [0.2, 0.25) is 0 Å². The van der Waals surface area contributed by atoms with Crippen LogP contribution >= 0.6 is 11.3 Å². The monoisotopic (exact) mass is 471 g/mol. The molecule has 4 aromatic heterocycles. The van der Waals surface area contributed by atoms with Gasteiger partial charge >= 0.3 is 0 Å². The number of nitrogens with zero attached hydrogens (tertiary/aromatic N) is 6. The average molecular weight is 471 g/mol. The summed E-state index contributed by atoms with van der Waals surface area (Å²) >= 11 is 1.25. The Morgan fingerprint density at radius 1 is 1.24 bits per heavy atom. The van der Waals surface area contributed by atoms with Gasteiger partial charge in [0.2, 0.25) is 5.95 Å². The van der Waals surface area contributed by atoms with Crippen LogP contribution in [-0.2, 0) is 4.74 Å². The predicted octanol–water partition coefficient (Wildman–Crippen LogP) is 3.37. The van der Waals surface area contributed by atoms with Crippen molar-refractivity contribution in [2.45, 2.75) is 31.9 Å². The van der Waals surface area contributed by atoms with E-state index >= 15 is 0 Å². The number of nitrogens with two attached hydrogens (primary N) is 1. The Labute approximate surface area is 190 Å². The van der Waals surface area contributed by atoms with Crippen LogP contribution in [0.3, 0.4) is 0 Å². The number of primary amides is 1. The van der Waals surface area contributed by atoms with Crippen molar-refractivity contribution in [2.75, 3.05) is 6.61 Å². The number of hydrogen-bond donors (Lipinski definition) is 1. The molecule has 1 fully saturated rings. The molecule has 0 atom stereocenters. The molecule has 0 bridgehead atoms. The largest absolute Gasteiger partial charge is 0.378 e. The molecule has 5 rings (SSSR count). The van der Waals surface area contributed by atoms with Gasteiger partial charge in [-0.15, -0.1) is 11.3 Å². The van der Waals surface area contributed by atoms with E-state index in [0.717, 1.165) is 25.0 Å². The maximum atomic E-state index is 14.6. The highest BCUT2D eigenvalue weighted by Crippen LogP contribution is 2.37. The summed E-state index contributed by atoms with van der Waals surface area (Å²) < 4.78 is 37.3. The minimum absolute atomic E-state index is 0.0674. The summed E-state index contributed by atoms with van der Waals surface area (Å²) in [7, 11) is 0. The molecule has 0 aromatic carbocycles. The van der Waals surface area contributed by atoms with Crippen LogP contribution in [0.25, 0.3) is 27.6 Å². The van der Waals surface area contributed by atoms with E-state index in [4.69, 9.17) is 10.5 Å². The zero-order valence-corrected chi connectivity index (χ0v) is 18.3. The van der Waals surface area contributed by atoms with E-state index in [1.807, 2.05) is 6.92 Å². The molecule has 0 radical (unpaired) electrons. The van der Waals surface area contributed by atoms with Crippen molar-refractivity contribution in [3.63, 3.8) is 0 Å². The van der Waals surface area contributed by atoms with Crippen molar-refractivity contribution in [1.82, 2.24) is 29.5 Å². The summed E-state index contributed by atoms with van der Waals surface area (Å²) in [6, 6.07) is 2.04. The van der Waals surface area contributed by atoms with E-state index in [1.165, 1.54) is 16.0 Å². The molecule has 0 saturated heterocycles. The second kappa shape index (κ2) is 8.45. The summed E-state index contributed by atoms with van der Waals surface area (Å²) in [4.78, 5) is 19.3. The van der Waals surface area contributed by atoms with Gasteiger partial charge in [0.05, 0.1) is 24.5 Å². The van der Waals surface area contributed by atoms with Crippen molar-refractivity contribution in [3.05, 3.63) is 53.6 Å². The van der Waals surface area contributed by atoms with Crippen LogP contribution in [0.1, 0.15) is 36.3 Å². The lowest BCUT2D eigenvalue weighted by Crippen LogP contribution is -2.33. The Bertz CT molecular complexity index is 1330. The van der Waals surface area contributed by atoms with Gasteiger partial charge in [-0.3, -0.25) is 9.48 Å². The van der Waals surface area contributed by atoms with Crippen LogP contribution < -0.4 is 5.73 Å². The van der Waals surface area contributed by atoms with Crippen LogP contribution in [0.5, 0.6) is 0 Å². The van der Waals surface area contributed by atoms with Crippen molar-refractivity contribution >= 4 is 17.2 Å². The zero-order chi connectivity index (χ0) is 23.1. The van der Waals surface area contributed by atoms with Gasteiger partial charge in [-0.25, -0.2) is 19.0 Å². The fraction of sp³-hybridized carbons (Fsp3) is 0.286. The highest BCUT2D eigenvalue weighted by molar-refractivity contribution is 7.13. The Morgan fingerprint density at radius 3 is 2.79 bits per heavy atom. The normalized spacial score (nSPS) is 17.8. The van der Waals surface area contributed by atoms with Crippen LogP contribution in [0, 0.1) is 11.8 Å². The summed E-state index contributed by atoms with van der Waals surface area (Å²) in [5.74, 6) is -2.12. The molecule has 12 heteroatoms. The molecule has 4 aromatic rings. The lowest BCUT2D eigenvalue weighted by Gasteiger charge is -2.34. The highest BCUT2D eigenvalue weighted by atomic mass is 32.1. The second-order valence-electron chi connectivity index (χ2n) is 7.59. The fourth-order valence-electron chi connectivity index (χ4n) is 3.70. The van der Waals surface area contributed by atoms with E-state index in [0.29, 0.717) is 22.9 Å². The third kappa shape index (κ3) is 4.02. The lowest BCUT2D eigenvalue weighted by molar-refractivity contribution is -0.0226. The minimum atomic E-state index is -0.810. The Balaban J connectivity index is 1.54. The number of carbonyl (C=O) groups is 1. The van der Waals surface area contributed by atoms with Gasteiger partial charge in [-0.05, 0) is 31.9 Å². The number of thiazole rings is 1. The third-order valence-electron chi connectivity index (χ3n) is 5.43. The van der Waals surface area contributed by atoms with Gasteiger partial charge in [0.25, 0.3) is 5.91 Å². The molecule has 1 saturated carbocycles. The molecule has 0 unspecified atom stereocenters. The first-order valence-electron chi connectivity index (χ1n) is 10.3. The van der Waals surface area contributed by atoms with Gasteiger partial charge in [-0.1, -0.05) is 0 Å². The maximum absolute atomic E-state index is 14.6. The molecule has 1 aliphatic rings. The summed E-state index contributed by atoms with van der Waals surface area (Å²) in [6.07, 6.45) is 6.67. The van der Waals surface area contributed by atoms with Gasteiger partial charge in [0.1, 0.15) is 27.8 Å². The first-order valence-corrected chi connectivity index (χ1v) is 11.1. The number of ether oxygens (including phenoxy) is 1. The second-order valence-corrected chi connectivity index (χ2v) is 8.44. The molecule has 9 nitrogen and oxygen atoms in total. The van der Waals surface area contributed by atoms with Crippen molar-refractivity contribution < 1.29 is 18.3 Å². The van der Waals surface area contributed by atoms with Crippen molar-refractivity contribution in [2.24, 2.45) is 5.73 Å². The molecule has 170 valence electrons.